The van der Waals surface area contributed by atoms with Crippen LogP contribution in [0.2, 0.25) is 0 Å². The van der Waals surface area contributed by atoms with Gasteiger partial charge in [-0.05, 0) is 33.1 Å². The third-order valence-corrected chi connectivity index (χ3v) is 5.81. The molecule has 0 aromatic carbocycles. The number of hydrogen-bond acceptors (Lipinski definition) is 5. The summed E-state index contributed by atoms with van der Waals surface area (Å²) in [4.78, 5) is 11.8. The molecule has 0 bridgehead atoms. The predicted molar refractivity (Wildman–Crippen MR) is 68.5 cm³/mol. The van der Waals surface area contributed by atoms with Gasteiger partial charge < -0.3 is 19.7 Å². The highest BCUT2D eigenvalue weighted by atomic mass is 16.7. The van der Waals surface area contributed by atoms with E-state index in [9.17, 15) is 15.0 Å². The number of esters is 1. The molecule has 108 valence electrons. The Labute approximate surface area is 116 Å². The molecule has 3 fully saturated rings. The van der Waals surface area contributed by atoms with Gasteiger partial charge in [-0.2, -0.15) is 0 Å². The van der Waals surface area contributed by atoms with Gasteiger partial charge in [-0.3, -0.25) is 0 Å². The third-order valence-electron chi connectivity index (χ3n) is 5.81. The quantitative estimate of drug-likeness (QED) is 0.389. The van der Waals surface area contributed by atoms with Crippen molar-refractivity contribution in [2.24, 2.45) is 5.92 Å². The molecule has 1 spiro atoms. The van der Waals surface area contributed by atoms with Gasteiger partial charge in [0.25, 0.3) is 5.79 Å². The van der Waals surface area contributed by atoms with Crippen LogP contribution in [0.5, 0.6) is 0 Å². The Balaban J connectivity index is 1.91. The molecular weight excluding hydrogens is 260 g/mol. The first-order valence-corrected chi connectivity index (χ1v) is 6.98. The largest absolute Gasteiger partial charge is 0.423 e. The molecule has 2 aliphatic carbocycles. The van der Waals surface area contributed by atoms with Crippen LogP contribution in [0.1, 0.15) is 33.1 Å². The van der Waals surface area contributed by atoms with Gasteiger partial charge in [0.2, 0.25) is 0 Å². The minimum atomic E-state index is -1.95. The molecule has 1 saturated heterocycles. The summed E-state index contributed by atoms with van der Waals surface area (Å²) in [7, 11) is 0. The SMILES string of the molecule is C=C1CC[C@@]23O[C@]2(C)[C@H](O)[C@]2(O)OC(=O)C(C)=C2C[C@H]13. The molecule has 20 heavy (non-hydrogen) atoms. The van der Waals surface area contributed by atoms with Gasteiger partial charge in [0.05, 0.1) is 0 Å². The number of carbonyl (C=O) groups is 1. The Kier molecular flexibility index (Phi) is 2.00. The maximum atomic E-state index is 11.8. The Bertz CT molecular complexity index is 593. The maximum absolute atomic E-state index is 11.8. The second kappa shape index (κ2) is 3.18. The first-order chi connectivity index (χ1) is 9.26. The number of ether oxygens (including phenoxy) is 2. The van der Waals surface area contributed by atoms with Crippen molar-refractivity contribution >= 4 is 5.97 Å². The molecule has 2 heterocycles. The van der Waals surface area contributed by atoms with Crippen molar-refractivity contribution in [3.63, 3.8) is 0 Å². The summed E-state index contributed by atoms with van der Waals surface area (Å²) >= 11 is 0. The summed E-state index contributed by atoms with van der Waals surface area (Å²) in [6.45, 7) is 7.51. The van der Waals surface area contributed by atoms with E-state index in [-0.39, 0.29) is 5.92 Å². The Hall–Kier alpha value is -1.17. The van der Waals surface area contributed by atoms with Crippen molar-refractivity contribution in [2.75, 3.05) is 0 Å². The Morgan fingerprint density at radius 1 is 1.45 bits per heavy atom. The molecule has 0 amide bonds. The smallest absolute Gasteiger partial charge is 0.336 e. The van der Waals surface area contributed by atoms with Gasteiger partial charge in [-0.15, -0.1) is 0 Å². The van der Waals surface area contributed by atoms with Gasteiger partial charge in [-0.25, -0.2) is 4.79 Å². The molecule has 2 N–H and O–H groups in total. The van der Waals surface area contributed by atoms with Gasteiger partial charge in [0.1, 0.15) is 11.2 Å². The summed E-state index contributed by atoms with van der Waals surface area (Å²) in [6.07, 6.45) is 0.828. The van der Waals surface area contributed by atoms with E-state index in [1.165, 1.54) is 0 Å². The first kappa shape index (κ1) is 12.6. The molecule has 2 saturated carbocycles. The summed E-state index contributed by atoms with van der Waals surface area (Å²) in [6, 6.07) is 0. The van der Waals surface area contributed by atoms with Gasteiger partial charge in [-0.1, -0.05) is 12.2 Å². The molecule has 4 aliphatic rings. The first-order valence-electron chi connectivity index (χ1n) is 6.98. The third kappa shape index (κ3) is 1.07. The van der Waals surface area contributed by atoms with Crippen LogP contribution in [0.3, 0.4) is 0 Å². The lowest BCUT2D eigenvalue weighted by Crippen LogP contribution is -2.52. The second-order valence-electron chi connectivity index (χ2n) is 6.61. The molecule has 5 atom stereocenters. The highest BCUT2D eigenvalue weighted by molar-refractivity contribution is 5.92. The highest BCUT2D eigenvalue weighted by Crippen LogP contribution is 2.69. The maximum Gasteiger partial charge on any atom is 0.336 e. The number of epoxide rings is 1. The normalized spacial score (nSPS) is 53.2. The van der Waals surface area contributed by atoms with E-state index in [0.717, 1.165) is 18.4 Å². The molecule has 0 radical (unpaired) electrons. The van der Waals surface area contributed by atoms with Crippen molar-refractivity contribution in [2.45, 2.75) is 56.2 Å². The average molecular weight is 278 g/mol. The van der Waals surface area contributed by atoms with Crippen molar-refractivity contribution < 1.29 is 24.5 Å². The van der Waals surface area contributed by atoms with Crippen LogP contribution in [0.15, 0.2) is 23.3 Å². The van der Waals surface area contributed by atoms with Crippen molar-refractivity contribution in [1.82, 2.24) is 0 Å². The standard InChI is InChI=1S/C15H18O5/c1-7-4-5-14-9(7)6-10-8(2)11(16)19-15(10,18)12(17)13(14,3)20-14/h9,12,17-18H,1,4-6H2,2-3H3/t9-,12+,13-,14+,15-/m1/s1. The Morgan fingerprint density at radius 3 is 2.85 bits per heavy atom. The monoisotopic (exact) mass is 278 g/mol. The summed E-state index contributed by atoms with van der Waals surface area (Å²) < 4.78 is 11.0. The van der Waals surface area contributed by atoms with E-state index in [1.807, 2.05) is 0 Å². The van der Waals surface area contributed by atoms with Gasteiger partial charge >= 0.3 is 5.97 Å². The van der Waals surface area contributed by atoms with E-state index < -0.39 is 29.1 Å². The lowest BCUT2D eigenvalue weighted by atomic mass is 9.81. The van der Waals surface area contributed by atoms with E-state index in [1.54, 1.807) is 13.8 Å². The fourth-order valence-electron chi connectivity index (χ4n) is 4.46. The predicted octanol–water partition coefficient (Wildman–Crippen LogP) is 0.807. The fraction of sp³-hybridized carbons (Fsp3) is 0.667. The Morgan fingerprint density at radius 2 is 2.15 bits per heavy atom. The zero-order valence-corrected chi connectivity index (χ0v) is 11.6. The zero-order chi connectivity index (χ0) is 14.5. The number of carbonyl (C=O) groups excluding carboxylic acids is 1. The van der Waals surface area contributed by atoms with Crippen LogP contribution in [0, 0.1) is 5.92 Å². The van der Waals surface area contributed by atoms with Gasteiger partial charge in [0, 0.05) is 17.1 Å². The summed E-state index contributed by atoms with van der Waals surface area (Å²) in [5.41, 5.74) is 0.581. The molecule has 0 unspecified atom stereocenters. The van der Waals surface area contributed by atoms with Crippen LogP contribution >= 0.6 is 0 Å². The van der Waals surface area contributed by atoms with E-state index in [4.69, 9.17) is 9.47 Å². The minimum absolute atomic E-state index is 0.0237. The molecular formula is C15H18O5. The van der Waals surface area contributed by atoms with E-state index in [0.29, 0.717) is 17.6 Å². The second-order valence-corrected chi connectivity index (χ2v) is 6.61. The van der Waals surface area contributed by atoms with Crippen LogP contribution < -0.4 is 0 Å². The van der Waals surface area contributed by atoms with Gasteiger partial charge in [0.15, 0.2) is 6.10 Å². The van der Waals surface area contributed by atoms with E-state index in [2.05, 4.69) is 6.58 Å². The summed E-state index contributed by atoms with van der Waals surface area (Å²) in [5.74, 6) is -2.50. The van der Waals surface area contributed by atoms with Crippen LogP contribution in [0.25, 0.3) is 0 Å². The highest BCUT2D eigenvalue weighted by Gasteiger charge is 2.81. The molecule has 0 aromatic heterocycles. The van der Waals surface area contributed by atoms with E-state index >= 15 is 0 Å². The number of aliphatic hydroxyl groups is 2. The molecule has 0 aromatic rings. The number of fused-ring (bicyclic) bond motifs is 1. The van der Waals surface area contributed by atoms with Crippen molar-refractivity contribution in [1.29, 1.82) is 0 Å². The molecule has 4 rings (SSSR count). The van der Waals surface area contributed by atoms with Crippen molar-refractivity contribution in [3.8, 4) is 0 Å². The lowest BCUT2D eigenvalue weighted by Gasteiger charge is -2.31. The fourth-order valence-corrected chi connectivity index (χ4v) is 4.46. The minimum Gasteiger partial charge on any atom is -0.423 e. The van der Waals surface area contributed by atoms with Crippen molar-refractivity contribution in [3.05, 3.63) is 23.3 Å². The zero-order valence-electron chi connectivity index (χ0n) is 11.6. The average Bonchev–Trinajstić information content (AvgIpc) is 2.80. The number of aliphatic hydroxyl groups excluding tert-OH is 1. The molecule has 5 nitrogen and oxygen atoms in total. The lowest BCUT2D eigenvalue weighted by molar-refractivity contribution is -0.227. The number of rotatable bonds is 0. The number of hydrogen-bond donors (Lipinski definition) is 2. The summed E-state index contributed by atoms with van der Waals surface area (Å²) in [5, 5.41) is 21.4. The van der Waals surface area contributed by atoms with Crippen LogP contribution in [-0.2, 0) is 14.3 Å². The molecule has 5 heteroatoms. The topological polar surface area (TPSA) is 79.3 Å². The molecule has 2 aliphatic heterocycles. The van der Waals surface area contributed by atoms with Crippen LogP contribution in [0.4, 0.5) is 0 Å². The van der Waals surface area contributed by atoms with Crippen LogP contribution in [-0.4, -0.2) is 39.3 Å².